The molecule has 0 aliphatic carbocycles. The zero-order chi connectivity index (χ0) is 12.0. The molecule has 0 bridgehead atoms. The van der Waals surface area contributed by atoms with Crippen molar-refractivity contribution < 1.29 is 4.42 Å². The predicted molar refractivity (Wildman–Crippen MR) is 71.2 cm³/mol. The second-order valence-corrected chi connectivity index (χ2v) is 5.24. The molecule has 0 saturated carbocycles. The van der Waals surface area contributed by atoms with Gasteiger partial charge in [0.05, 0.1) is 5.69 Å². The van der Waals surface area contributed by atoms with Gasteiger partial charge in [0.15, 0.2) is 10.4 Å². The standard InChI is InChI=1S/C13H12N2OS/c1-7-5-3-4-6-9(7)12-15-13-11(16-12)10(14)8(2)17-13/h3-6H,14H2,1-2H3. The largest absolute Gasteiger partial charge is 0.433 e. The maximum atomic E-state index is 5.94. The summed E-state index contributed by atoms with van der Waals surface area (Å²) in [5.41, 5.74) is 9.53. The highest BCUT2D eigenvalue weighted by molar-refractivity contribution is 7.19. The fourth-order valence-corrected chi connectivity index (χ4v) is 2.70. The van der Waals surface area contributed by atoms with Gasteiger partial charge >= 0.3 is 0 Å². The molecule has 0 aliphatic rings. The van der Waals surface area contributed by atoms with Gasteiger partial charge in [-0.2, -0.15) is 4.98 Å². The summed E-state index contributed by atoms with van der Waals surface area (Å²) < 4.78 is 5.76. The molecule has 3 nitrogen and oxygen atoms in total. The number of oxazole rings is 1. The van der Waals surface area contributed by atoms with E-state index in [-0.39, 0.29) is 0 Å². The minimum absolute atomic E-state index is 0.649. The molecule has 0 aliphatic heterocycles. The monoisotopic (exact) mass is 244 g/mol. The van der Waals surface area contributed by atoms with E-state index in [9.17, 15) is 0 Å². The van der Waals surface area contributed by atoms with E-state index in [0.717, 1.165) is 20.8 Å². The maximum Gasteiger partial charge on any atom is 0.228 e. The first-order chi connectivity index (χ1) is 8.16. The highest BCUT2D eigenvalue weighted by atomic mass is 32.1. The second kappa shape index (κ2) is 3.60. The van der Waals surface area contributed by atoms with E-state index in [4.69, 9.17) is 10.2 Å². The van der Waals surface area contributed by atoms with E-state index >= 15 is 0 Å². The Labute approximate surface area is 103 Å². The quantitative estimate of drug-likeness (QED) is 0.709. The molecular weight excluding hydrogens is 232 g/mol. The number of aromatic nitrogens is 1. The van der Waals surface area contributed by atoms with Crippen LogP contribution < -0.4 is 5.73 Å². The Hall–Kier alpha value is -1.81. The lowest BCUT2D eigenvalue weighted by molar-refractivity contribution is 0.620. The molecule has 2 N–H and O–H groups in total. The van der Waals surface area contributed by atoms with Crippen LogP contribution in [-0.4, -0.2) is 4.98 Å². The van der Waals surface area contributed by atoms with Crippen molar-refractivity contribution in [3.8, 4) is 11.5 Å². The number of nitrogens with zero attached hydrogens (tertiary/aromatic N) is 1. The van der Waals surface area contributed by atoms with Crippen molar-refractivity contribution >= 4 is 27.4 Å². The van der Waals surface area contributed by atoms with E-state index in [0.29, 0.717) is 17.2 Å². The molecule has 1 aromatic carbocycles. The summed E-state index contributed by atoms with van der Waals surface area (Å²) >= 11 is 1.57. The van der Waals surface area contributed by atoms with E-state index < -0.39 is 0 Å². The Balaban J connectivity index is 2.23. The van der Waals surface area contributed by atoms with Gasteiger partial charge in [-0.3, -0.25) is 0 Å². The zero-order valence-electron chi connectivity index (χ0n) is 9.65. The van der Waals surface area contributed by atoms with Gasteiger partial charge in [0, 0.05) is 10.4 Å². The highest BCUT2D eigenvalue weighted by Crippen LogP contribution is 2.36. The molecule has 4 heteroatoms. The van der Waals surface area contributed by atoms with Gasteiger partial charge in [-0.25, -0.2) is 0 Å². The Kier molecular flexibility index (Phi) is 2.19. The van der Waals surface area contributed by atoms with Crippen LogP contribution in [0, 0.1) is 13.8 Å². The molecule has 2 aromatic heterocycles. The van der Waals surface area contributed by atoms with Crippen LogP contribution in [0.25, 0.3) is 21.9 Å². The molecular formula is C13H12N2OS. The van der Waals surface area contributed by atoms with Crippen LogP contribution in [0.3, 0.4) is 0 Å². The Morgan fingerprint density at radius 3 is 2.71 bits per heavy atom. The minimum Gasteiger partial charge on any atom is -0.433 e. The van der Waals surface area contributed by atoms with Crippen LogP contribution >= 0.6 is 11.3 Å². The number of nitrogen functional groups attached to an aromatic ring is 1. The van der Waals surface area contributed by atoms with Crippen LogP contribution in [0.1, 0.15) is 10.4 Å². The van der Waals surface area contributed by atoms with Crippen LogP contribution in [-0.2, 0) is 0 Å². The lowest BCUT2D eigenvalue weighted by atomic mass is 10.1. The first-order valence-corrected chi connectivity index (χ1v) is 6.20. The lowest BCUT2D eigenvalue weighted by Gasteiger charge is -1.99. The van der Waals surface area contributed by atoms with E-state index in [1.165, 1.54) is 0 Å². The molecule has 3 aromatic rings. The summed E-state index contributed by atoms with van der Waals surface area (Å²) in [6.07, 6.45) is 0. The average molecular weight is 244 g/mol. The zero-order valence-corrected chi connectivity index (χ0v) is 10.5. The number of benzene rings is 1. The summed E-state index contributed by atoms with van der Waals surface area (Å²) in [5, 5.41) is 0. The second-order valence-electron chi connectivity index (χ2n) is 4.04. The SMILES string of the molecule is Cc1ccccc1-c1nc2sc(C)c(N)c2o1. The molecule has 3 rings (SSSR count). The summed E-state index contributed by atoms with van der Waals surface area (Å²) in [6.45, 7) is 4.02. The van der Waals surface area contributed by atoms with E-state index in [1.54, 1.807) is 11.3 Å². The molecule has 0 atom stereocenters. The molecule has 0 unspecified atom stereocenters. The third-order valence-electron chi connectivity index (χ3n) is 2.85. The van der Waals surface area contributed by atoms with Gasteiger partial charge in [-0.15, -0.1) is 11.3 Å². The van der Waals surface area contributed by atoms with Crippen molar-refractivity contribution in [1.29, 1.82) is 0 Å². The number of thiophene rings is 1. The van der Waals surface area contributed by atoms with Gasteiger partial charge in [0.1, 0.15) is 0 Å². The number of aryl methyl sites for hydroxylation is 2. The Morgan fingerprint density at radius 2 is 2.00 bits per heavy atom. The lowest BCUT2D eigenvalue weighted by Crippen LogP contribution is -1.83. The first kappa shape index (κ1) is 10.4. The molecule has 0 radical (unpaired) electrons. The van der Waals surface area contributed by atoms with Crippen LogP contribution in [0.5, 0.6) is 0 Å². The first-order valence-electron chi connectivity index (χ1n) is 5.38. The van der Waals surface area contributed by atoms with Gasteiger partial charge < -0.3 is 10.2 Å². The number of nitrogens with two attached hydrogens (primary N) is 1. The Bertz CT molecular complexity index is 697. The normalized spacial score (nSPS) is 11.2. The van der Waals surface area contributed by atoms with Crippen molar-refractivity contribution in [1.82, 2.24) is 4.98 Å². The third-order valence-corrected chi connectivity index (χ3v) is 3.84. The summed E-state index contributed by atoms with van der Waals surface area (Å²) in [7, 11) is 0. The fourth-order valence-electron chi connectivity index (χ4n) is 1.83. The Morgan fingerprint density at radius 1 is 1.24 bits per heavy atom. The van der Waals surface area contributed by atoms with Gasteiger partial charge in [0.25, 0.3) is 0 Å². The maximum absolute atomic E-state index is 5.94. The van der Waals surface area contributed by atoms with Crippen molar-refractivity contribution in [3.63, 3.8) is 0 Å². The number of fused-ring (bicyclic) bond motifs is 1. The van der Waals surface area contributed by atoms with Crippen LogP contribution in [0.4, 0.5) is 5.69 Å². The molecule has 86 valence electrons. The minimum atomic E-state index is 0.649. The van der Waals surface area contributed by atoms with Crippen molar-refractivity contribution in [2.45, 2.75) is 13.8 Å². The van der Waals surface area contributed by atoms with Crippen molar-refractivity contribution in [2.24, 2.45) is 0 Å². The molecule has 0 amide bonds. The number of hydrogen-bond acceptors (Lipinski definition) is 4. The highest BCUT2D eigenvalue weighted by Gasteiger charge is 2.15. The molecule has 0 spiro atoms. The topological polar surface area (TPSA) is 52.0 Å². The van der Waals surface area contributed by atoms with Crippen LogP contribution in [0.2, 0.25) is 0 Å². The fraction of sp³-hybridized carbons (Fsp3) is 0.154. The van der Waals surface area contributed by atoms with E-state index in [1.807, 2.05) is 38.1 Å². The van der Waals surface area contributed by atoms with Crippen LogP contribution in [0.15, 0.2) is 28.7 Å². The third kappa shape index (κ3) is 1.52. The predicted octanol–water partition coefficient (Wildman–Crippen LogP) is 3.76. The van der Waals surface area contributed by atoms with E-state index in [2.05, 4.69) is 4.98 Å². The number of hydrogen-bond donors (Lipinski definition) is 1. The van der Waals surface area contributed by atoms with Crippen molar-refractivity contribution in [2.75, 3.05) is 5.73 Å². The average Bonchev–Trinajstić information content (AvgIpc) is 2.81. The summed E-state index contributed by atoms with van der Waals surface area (Å²) in [4.78, 5) is 6.43. The van der Waals surface area contributed by atoms with Gasteiger partial charge in [0.2, 0.25) is 5.89 Å². The number of anilines is 1. The summed E-state index contributed by atoms with van der Waals surface area (Å²) in [6, 6.07) is 8.04. The van der Waals surface area contributed by atoms with Gasteiger partial charge in [-0.05, 0) is 25.5 Å². The smallest absolute Gasteiger partial charge is 0.228 e. The summed E-state index contributed by atoms with van der Waals surface area (Å²) in [5.74, 6) is 0.649. The van der Waals surface area contributed by atoms with Gasteiger partial charge in [-0.1, -0.05) is 18.2 Å². The molecule has 2 heterocycles. The molecule has 0 fully saturated rings. The number of rotatable bonds is 1. The van der Waals surface area contributed by atoms with Crippen molar-refractivity contribution in [3.05, 3.63) is 34.7 Å². The molecule has 17 heavy (non-hydrogen) atoms. The molecule has 0 saturated heterocycles.